The quantitative estimate of drug-likeness (QED) is 0.909. The lowest BCUT2D eigenvalue weighted by Gasteiger charge is -2.12. The third kappa shape index (κ3) is 3.46. The zero-order valence-electron chi connectivity index (χ0n) is 11.1. The number of aryl methyl sites for hydroxylation is 1. The van der Waals surface area contributed by atoms with Crippen LogP contribution in [0.3, 0.4) is 0 Å². The van der Waals surface area contributed by atoms with E-state index < -0.39 is 0 Å². The summed E-state index contributed by atoms with van der Waals surface area (Å²) in [5.74, 6) is 0.808. The van der Waals surface area contributed by atoms with E-state index in [2.05, 4.69) is 17.2 Å². The first-order chi connectivity index (χ1) is 9.22. The standard InChI is InChI=1S/C15H17ClN2O/c1-11-6-7-17-8-12(11)9-18-10-13-14(16)4-3-5-15(13)19-2/h3-8,18H,9-10H2,1-2H3. The van der Waals surface area contributed by atoms with E-state index in [4.69, 9.17) is 16.3 Å². The van der Waals surface area contributed by atoms with Crippen molar-refractivity contribution in [3.8, 4) is 5.75 Å². The summed E-state index contributed by atoms with van der Waals surface area (Å²) in [6, 6.07) is 7.68. The van der Waals surface area contributed by atoms with Crippen LogP contribution in [0.1, 0.15) is 16.7 Å². The Bertz CT molecular complexity index is 558. The van der Waals surface area contributed by atoms with Gasteiger partial charge in [-0.15, -0.1) is 0 Å². The van der Waals surface area contributed by atoms with Crippen molar-refractivity contribution in [2.24, 2.45) is 0 Å². The average molecular weight is 277 g/mol. The minimum absolute atomic E-state index is 0.664. The van der Waals surface area contributed by atoms with Crippen LogP contribution >= 0.6 is 11.6 Å². The van der Waals surface area contributed by atoms with Crippen LogP contribution in [0.25, 0.3) is 0 Å². The van der Waals surface area contributed by atoms with Crippen molar-refractivity contribution < 1.29 is 4.74 Å². The highest BCUT2D eigenvalue weighted by Gasteiger charge is 2.07. The second-order valence-corrected chi connectivity index (χ2v) is 4.73. The number of aromatic nitrogens is 1. The predicted octanol–water partition coefficient (Wildman–Crippen LogP) is 3.34. The Labute approximate surface area is 118 Å². The molecular weight excluding hydrogens is 260 g/mol. The number of rotatable bonds is 5. The topological polar surface area (TPSA) is 34.1 Å². The van der Waals surface area contributed by atoms with Gasteiger partial charge in [-0.05, 0) is 36.2 Å². The number of nitrogens with one attached hydrogen (secondary N) is 1. The number of nitrogens with zero attached hydrogens (tertiary/aromatic N) is 1. The monoisotopic (exact) mass is 276 g/mol. The summed E-state index contributed by atoms with van der Waals surface area (Å²) >= 11 is 6.19. The normalized spacial score (nSPS) is 10.5. The molecule has 0 saturated heterocycles. The number of methoxy groups -OCH3 is 1. The summed E-state index contributed by atoms with van der Waals surface area (Å²) in [5, 5.41) is 4.09. The van der Waals surface area contributed by atoms with Crippen LogP contribution in [0.2, 0.25) is 5.02 Å². The second kappa shape index (κ2) is 6.55. The summed E-state index contributed by atoms with van der Waals surface area (Å²) in [6.45, 7) is 3.50. The van der Waals surface area contributed by atoms with Gasteiger partial charge in [0.05, 0.1) is 7.11 Å². The van der Waals surface area contributed by atoms with E-state index in [9.17, 15) is 0 Å². The minimum Gasteiger partial charge on any atom is -0.496 e. The Morgan fingerprint density at radius 3 is 2.84 bits per heavy atom. The van der Waals surface area contributed by atoms with Crippen molar-refractivity contribution in [2.75, 3.05) is 7.11 Å². The molecule has 0 amide bonds. The fourth-order valence-corrected chi connectivity index (χ4v) is 2.14. The van der Waals surface area contributed by atoms with Crippen LogP contribution in [0, 0.1) is 6.92 Å². The minimum atomic E-state index is 0.664. The Hall–Kier alpha value is -1.58. The highest BCUT2D eigenvalue weighted by atomic mass is 35.5. The Kier molecular flexibility index (Phi) is 4.77. The number of halogens is 1. The predicted molar refractivity (Wildman–Crippen MR) is 77.5 cm³/mol. The van der Waals surface area contributed by atoms with E-state index in [1.54, 1.807) is 13.3 Å². The molecule has 100 valence electrons. The smallest absolute Gasteiger partial charge is 0.124 e. The van der Waals surface area contributed by atoms with Crippen molar-refractivity contribution in [1.29, 1.82) is 0 Å². The molecule has 0 aliphatic carbocycles. The third-order valence-corrected chi connectivity index (χ3v) is 3.41. The van der Waals surface area contributed by atoms with E-state index in [1.807, 2.05) is 30.5 Å². The van der Waals surface area contributed by atoms with Crippen molar-refractivity contribution in [2.45, 2.75) is 20.0 Å². The molecule has 0 bridgehead atoms. The highest BCUT2D eigenvalue weighted by Crippen LogP contribution is 2.25. The highest BCUT2D eigenvalue weighted by molar-refractivity contribution is 6.31. The molecule has 0 saturated carbocycles. The fourth-order valence-electron chi connectivity index (χ4n) is 1.91. The molecule has 1 aromatic heterocycles. The lowest BCUT2D eigenvalue weighted by molar-refractivity contribution is 0.407. The summed E-state index contributed by atoms with van der Waals surface area (Å²) in [4.78, 5) is 4.13. The van der Waals surface area contributed by atoms with Crippen LogP contribution in [0.4, 0.5) is 0 Å². The van der Waals surface area contributed by atoms with Gasteiger partial charge >= 0.3 is 0 Å². The fraction of sp³-hybridized carbons (Fsp3) is 0.267. The maximum Gasteiger partial charge on any atom is 0.124 e. The van der Waals surface area contributed by atoms with Crippen molar-refractivity contribution >= 4 is 11.6 Å². The van der Waals surface area contributed by atoms with E-state index in [1.165, 1.54) is 11.1 Å². The largest absolute Gasteiger partial charge is 0.496 e. The van der Waals surface area contributed by atoms with Gasteiger partial charge in [0.15, 0.2) is 0 Å². The molecule has 2 rings (SSSR count). The van der Waals surface area contributed by atoms with Crippen molar-refractivity contribution in [1.82, 2.24) is 10.3 Å². The number of ether oxygens (including phenoxy) is 1. The van der Waals surface area contributed by atoms with Crippen LogP contribution < -0.4 is 10.1 Å². The molecule has 0 atom stereocenters. The molecule has 0 spiro atoms. The molecule has 0 aliphatic heterocycles. The van der Waals surface area contributed by atoms with E-state index in [0.29, 0.717) is 6.54 Å². The van der Waals surface area contributed by atoms with Gasteiger partial charge in [0, 0.05) is 36.1 Å². The lowest BCUT2D eigenvalue weighted by Crippen LogP contribution is -2.14. The first kappa shape index (κ1) is 13.8. The van der Waals surface area contributed by atoms with Gasteiger partial charge in [0.2, 0.25) is 0 Å². The molecule has 1 N–H and O–H groups in total. The summed E-state index contributed by atoms with van der Waals surface area (Å²) in [6.07, 6.45) is 3.68. The number of benzene rings is 1. The molecule has 0 radical (unpaired) electrons. The van der Waals surface area contributed by atoms with Crippen LogP contribution in [0.15, 0.2) is 36.7 Å². The molecule has 1 aromatic carbocycles. The molecular formula is C15H17ClN2O. The van der Waals surface area contributed by atoms with Gasteiger partial charge in [-0.25, -0.2) is 0 Å². The zero-order chi connectivity index (χ0) is 13.7. The van der Waals surface area contributed by atoms with E-state index in [-0.39, 0.29) is 0 Å². The van der Waals surface area contributed by atoms with Gasteiger partial charge in [-0.1, -0.05) is 17.7 Å². The maximum atomic E-state index is 6.19. The van der Waals surface area contributed by atoms with Crippen molar-refractivity contribution in [3.05, 3.63) is 58.4 Å². The van der Waals surface area contributed by atoms with Crippen LogP contribution in [0.5, 0.6) is 5.75 Å². The van der Waals surface area contributed by atoms with E-state index in [0.717, 1.165) is 22.9 Å². The molecule has 0 aliphatic rings. The summed E-state index contributed by atoms with van der Waals surface area (Å²) in [5.41, 5.74) is 3.40. The molecule has 4 heteroatoms. The van der Waals surface area contributed by atoms with Crippen LogP contribution in [-0.2, 0) is 13.1 Å². The first-order valence-electron chi connectivity index (χ1n) is 6.14. The third-order valence-electron chi connectivity index (χ3n) is 3.06. The summed E-state index contributed by atoms with van der Waals surface area (Å²) in [7, 11) is 1.65. The number of pyridine rings is 1. The maximum absolute atomic E-state index is 6.19. The Balaban J connectivity index is 2.02. The SMILES string of the molecule is COc1cccc(Cl)c1CNCc1cnccc1C. The molecule has 2 aromatic rings. The molecule has 3 nitrogen and oxygen atoms in total. The average Bonchev–Trinajstić information content (AvgIpc) is 2.42. The Morgan fingerprint density at radius 2 is 2.11 bits per heavy atom. The zero-order valence-corrected chi connectivity index (χ0v) is 11.9. The van der Waals surface area contributed by atoms with Gasteiger partial charge < -0.3 is 10.1 Å². The van der Waals surface area contributed by atoms with Gasteiger partial charge in [-0.3, -0.25) is 4.98 Å². The Morgan fingerprint density at radius 1 is 1.26 bits per heavy atom. The van der Waals surface area contributed by atoms with E-state index >= 15 is 0 Å². The first-order valence-corrected chi connectivity index (χ1v) is 6.51. The summed E-state index contributed by atoms with van der Waals surface area (Å²) < 4.78 is 5.32. The van der Waals surface area contributed by atoms with Crippen LogP contribution in [-0.4, -0.2) is 12.1 Å². The van der Waals surface area contributed by atoms with Gasteiger partial charge in [0.1, 0.15) is 5.75 Å². The lowest BCUT2D eigenvalue weighted by atomic mass is 10.1. The number of hydrogen-bond acceptors (Lipinski definition) is 3. The molecule has 19 heavy (non-hydrogen) atoms. The molecule has 1 heterocycles. The second-order valence-electron chi connectivity index (χ2n) is 4.33. The number of hydrogen-bond donors (Lipinski definition) is 1. The molecule has 0 fully saturated rings. The molecule has 0 unspecified atom stereocenters. The van der Waals surface area contributed by atoms with Gasteiger partial charge in [0.25, 0.3) is 0 Å². The van der Waals surface area contributed by atoms with Crippen molar-refractivity contribution in [3.63, 3.8) is 0 Å². The van der Waals surface area contributed by atoms with Gasteiger partial charge in [-0.2, -0.15) is 0 Å².